The van der Waals surface area contributed by atoms with Crippen LogP contribution < -0.4 is 10.6 Å². The van der Waals surface area contributed by atoms with Crippen molar-refractivity contribution in [3.05, 3.63) is 35.4 Å². The van der Waals surface area contributed by atoms with Crippen molar-refractivity contribution in [2.45, 2.75) is 25.9 Å². The summed E-state index contributed by atoms with van der Waals surface area (Å²) in [5.74, 6) is -3.33. The van der Waals surface area contributed by atoms with Gasteiger partial charge in [0.2, 0.25) is 5.91 Å². The molecule has 21 heavy (non-hydrogen) atoms. The van der Waals surface area contributed by atoms with E-state index in [1.165, 1.54) is 0 Å². The van der Waals surface area contributed by atoms with Gasteiger partial charge in [0.05, 0.1) is 12.6 Å². The third kappa shape index (κ3) is 5.86. The van der Waals surface area contributed by atoms with E-state index in [9.17, 15) is 23.5 Å². The van der Waals surface area contributed by atoms with Crippen molar-refractivity contribution in [1.82, 2.24) is 10.6 Å². The highest BCUT2D eigenvalue weighted by atomic mass is 19.2. The van der Waals surface area contributed by atoms with Crippen LogP contribution in [0.1, 0.15) is 30.1 Å². The molecular formula is C14H18F2N2O3. The van der Waals surface area contributed by atoms with E-state index in [1.807, 2.05) is 6.92 Å². The van der Waals surface area contributed by atoms with E-state index in [0.29, 0.717) is 6.42 Å². The van der Waals surface area contributed by atoms with Crippen LogP contribution in [-0.2, 0) is 4.79 Å². The topological polar surface area (TPSA) is 78.4 Å². The maximum absolute atomic E-state index is 13.0. The van der Waals surface area contributed by atoms with Gasteiger partial charge in [-0.25, -0.2) is 8.78 Å². The third-order valence-corrected chi connectivity index (χ3v) is 2.75. The molecule has 2 amide bonds. The van der Waals surface area contributed by atoms with Gasteiger partial charge in [0.15, 0.2) is 11.6 Å². The Bertz CT molecular complexity index is 509. The molecule has 0 radical (unpaired) electrons. The molecule has 3 N–H and O–H groups in total. The first-order valence-electron chi connectivity index (χ1n) is 6.62. The van der Waals surface area contributed by atoms with Crippen LogP contribution in [0.4, 0.5) is 8.78 Å². The van der Waals surface area contributed by atoms with Crippen LogP contribution >= 0.6 is 0 Å². The molecule has 0 aliphatic carbocycles. The van der Waals surface area contributed by atoms with Crippen molar-refractivity contribution in [2.75, 3.05) is 13.1 Å². The summed E-state index contributed by atoms with van der Waals surface area (Å²) in [4.78, 5) is 23.1. The first kappa shape index (κ1) is 17.0. The maximum Gasteiger partial charge on any atom is 0.251 e. The normalized spacial score (nSPS) is 11.8. The Hall–Kier alpha value is -2.02. The molecule has 116 valence electrons. The minimum atomic E-state index is -1.13. The molecule has 5 nitrogen and oxygen atoms in total. The molecule has 1 aromatic carbocycles. The quantitative estimate of drug-likeness (QED) is 0.702. The fraction of sp³-hybridized carbons (Fsp3) is 0.429. The number of hydrogen-bond acceptors (Lipinski definition) is 3. The van der Waals surface area contributed by atoms with Gasteiger partial charge in [-0.1, -0.05) is 13.3 Å². The van der Waals surface area contributed by atoms with Crippen LogP contribution in [0.15, 0.2) is 18.2 Å². The van der Waals surface area contributed by atoms with Gasteiger partial charge in [-0.2, -0.15) is 0 Å². The molecule has 0 heterocycles. The number of halogens is 2. The number of amides is 2. The van der Waals surface area contributed by atoms with Gasteiger partial charge in [-0.05, 0) is 24.6 Å². The monoisotopic (exact) mass is 300 g/mol. The average Bonchev–Trinajstić information content (AvgIpc) is 2.45. The van der Waals surface area contributed by atoms with E-state index in [2.05, 4.69) is 10.6 Å². The van der Waals surface area contributed by atoms with Gasteiger partial charge in [-0.3, -0.25) is 9.59 Å². The second kappa shape index (κ2) is 8.31. The minimum Gasteiger partial charge on any atom is -0.391 e. The smallest absolute Gasteiger partial charge is 0.251 e. The highest BCUT2D eigenvalue weighted by Gasteiger charge is 2.11. The van der Waals surface area contributed by atoms with Gasteiger partial charge in [0.25, 0.3) is 5.91 Å². The number of carbonyl (C=O) groups excluding carboxylic acids is 2. The van der Waals surface area contributed by atoms with Gasteiger partial charge < -0.3 is 15.7 Å². The minimum absolute atomic E-state index is 0.0762. The molecule has 0 aliphatic rings. The molecule has 0 aliphatic heterocycles. The Morgan fingerprint density at radius 3 is 2.57 bits per heavy atom. The fourth-order valence-electron chi connectivity index (χ4n) is 1.63. The van der Waals surface area contributed by atoms with Crippen LogP contribution in [-0.4, -0.2) is 36.1 Å². The zero-order chi connectivity index (χ0) is 15.8. The van der Waals surface area contributed by atoms with E-state index in [1.54, 1.807) is 0 Å². The maximum atomic E-state index is 13.0. The number of carbonyl (C=O) groups is 2. The Kier molecular flexibility index (Phi) is 6.74. The average molecular weight is 300 g/mol. The predicted octanol–water partition coefficient (Wildman–Crippen LogP) is 0.972. The molecule has 1 aromatic rings. The van der Waals surface area contributed by atoms with E-state index in [-0.39, 0.29) is 18.7 Å². The molecule has 0 aromatic heterocycles. The molecule has 1 atom stereocenters. The molecular weight excluding hydrogens is 282 g/mol. The van der Waals surface area contributed by atoms with E-state index in [0.717, 1.165) is 24.6 Å². The van der Waals surface area contributed by atoms with E-state index in [4.69, 9.17) is 0 Å². The lowest BCUT2D eigenvalue weighted by Gasteiger charge is -2.11. The summed E-state index contributed by atoms with van der Waals surface area (Å²) in [6.07, 6.45) is 0.742. The molecule has 1 rings (SSSR count). The second-order valence-corrected chi connectivity index (χ2v) is 4.56. The summed E-state index contributed by atoms with van der Waals surface area (Å²) in [5, 5.41) is 14.2. The van der Waals surface area contributed by atoms with Crippen molar-refractivity contribution < 1.29 is 23.5 Å². The summed E-state index contributed by atoms with van der Waals surface area (Å²) in [7, 11) is 0. The number of benzene rings is 1. The van der Waals surface area contributed by atoms with Crippen molar-refractivity contribution in [3.8, 4) is 0 Å². The summed E-state index contributed by atoms with van der Waals surface area (Å²) >= 11 is 0. The summed E-state index contributed by atoms with van der Waals surface area (Å²) in [5.41, 5.74) is -0.0762. The fourth-order valence-corrected chi connectivity index (χ4v) is 1.63. The number of hydrogen-bond donors (Lipinski definition) is 3. The molecule has 1 unspecified atom stereocenters. The Balaban J connectivity index is 2.38. The van der Waals surface area contributed by atoms with Gasteiger partial charge >= 0.3 is 0 Å². The summed E-state index contributed by atoms with van der Waals surface area (Å²) < 4.78 is 25.7. The van der Waals surface area contributed by atoms with Crippen molar-refractivity contribution >= 4 is 11.8 Å². The largest absolute Gasteiger partial charge is 0.391 e. The third-order valence-electron chi connectivity index (χ3n) is 2.75. The highest BCUT2D eigenvalue weighted by Crippen LogP contribution is 2.08. The number of nitrogens with one attached hydrogen (secondary N) is 2. The van der Waals surface area contributed by atoms with Crippen molar-refractivity contribution in [3.63, 3.8) is 0 Å². The van der Waals surface area contributed by atoms with Crippen LogP contribution in [0.3, 0.4) is 0 Å². The lowest BCUT2D eigenvalue weighted by molar-refractivity contribution is -0.120. The first-order valence-corrected chi connectivity index (χ1v) is 6.62. The van der Waals surface area contributed by atoms with Gasteiger partial charge in [0.1, 0.15) is 0 Å². The summed E-state index contributed by atoms with van der Waals surface area (Å²) in [6, 6.07) is 2.72. The Morgan fingerprint density at radius 1 is 1.24 bits per heavy atom. The van der Waals surface area contributed by atoms with Crippen LogP contribution in [0.2, 0.25) is 0 Å². The van der Waals surface area contributed by atoms with Crippen LogP contribution in [0, 0.1) is 11.6 Å². The Morgan fingerprint density at radius 2 is 1.95 bits per heavy atom. The molecule has 7 heteroatoms. The molecule has 0 fully saturated rings. The van der Waals surface area contributed by atoms with E-state index < -0.39 is 29.6 Å². The lowest BCUT2D eigenvalue weighted by Crippen LogP contribution is -2.40. The zero-order valence-corrected chi connectivity index (χ0v) is 11.7. The van der Waals surface area contributed by atoms with Gasteiger partial charge in [0, 0.05) is 12.1 Å². The van der Waals surface area contributed by atoms with Crippen LogP contribution in [0.5, 0.6) is 0 Å². The SMILES string of the molecule is CCCC(O)CNC(=O)CNC(=O)c1ccc(F)c(F)c1. The van der Waals surface area contributed by atoms with Crippen molar-refractivity contribution in [2.24, 2.45) is 0 Å². The van der Waals surface area contributed by atoms with Gasteiger partial charge in [-0.15, -0.1) is 0 Å². The first-order chi connectivity index (χ1) is 9.93. The summed E-state index contributed by atoms with van der Waals surface area (Å²) in [6.45, 7) is 1.71. The number of aliphatic hydroxyl groups is 1. The predicted molar refractivity (Wildman–Crippen MR) is 72.6 cm³/mol. The van der Waals surface area contributed by atoms with Crippen molar-refractivity contribution in [1.29, 1.82) is 0 Å². The standard InChI is InChI=1S/C14H18F2N2O3/c1-2-3-10(19)7-17-13(20)8-18-14(21)9-4-5-11(15)12(16)6-9/h4-6,10,19H,2-3,7-8H2,1H3,(H,17,20)(H,18,21). The van der Waals surface area contributed by atoms with Crippen LogP contribution in [0.25, 0.3) is 0 Å². The Labute approximate surface area is 121 Å². The molecule has 0 spiro atoms. The number of rotatable bonds is 7. The zero-order valence-electron chi connectivity index (χ0n) is 11.7. The lowest BCUT2D eigenvalue weighted by atomic mass is 10.2. The number of aliphatic hydroxyl groups excluding tert-OH is 1. The highest BCUT2D eigenvalue weighted by molar-refractivity contribution is 5.96. The molecule has 0 saturated carbocycles. The van der Waals surface area contributed by atoms with E-state index >= 15 is 0 Å². The molecule has 0 saturated heterocycles. The molecule has 0 bridgehead atoms. The second-order valence-electron chi connectivity index (χ2n) is 4.56.